The van der Waals surface area contributed by atoms with Crippen molar-refractivity contribution in [2.24, 2.45) is 5.92 Å². The first kappa shape index (κ1) is 10.9. The summed E-state index contributed by atoms with van der Waals surface area (Å²) in [4.78, 5) is 13.9. The Morgan fingerprint density at radius 1 is 1.50 bits per heavy atom. The number of nitrogens with zero attached hydrogens (tertiary/aromatic N) is 1. The van der Waals surface area contributed by atoms with Crippen molar-refractivity contribution in [3.63, 3.8) is 0 Å². The van der Waals surface area contributed by atoms with Gasteiger partial charge in [0.05, 0.1) is 5.92 Å². The van der Waals surface area contributed by atoms with Gasteiger partial charge in [0, 0.05) is 12.1 Å². The highest BCUT2D eigenvalue weighted by atomic mass is 19.4. The zero-order valence-corrected chi connectivity index (χ0v) is 8.03. The first-order chi connectivity index (χ1) is 7.41. The van der Waals surface area contributed by atoms with E-state index in [1.54, 1.807) is 0 Å². The van der Waals surface area contributed by atoms with Crippen molar-refractivity contribution < 1.29 is 23.1 Å². The van der Waals surface area contributed by atoms with Crippen molar-refractivity contribution in [2.45, 2.75) is 18.5 Å². The third-order valence-corrected chi connectivity index (χ3v) is 2.61. The molecular formula is C10H8F3NO2. The van der Waals surface area contributed by atoms with Crippen LogP contribution in [0.4, 0.5) is 13.2 Å². The average Bonchev–Trinajstić information content (AvgIpc) is 2.95. The summed E-state index contributed by atoms with van der Waals surface area (Å²) in [6, 6.07) is 2.69. The van der Waals surface area contributed by atoms with Crippen molar-refractivity contribution in [2.75, 3.05) is 0 Å². The Bertz CT molecular complexity index is 430. The topological polar surface area (TPSA) is 50.2 Å². The Morgan fingerprint density at radius 3 is 2.69 bits per heavy atom. The van der Waals surface area contributed by atoms with Crippen LogP contribution in [0.1, 0.15) is 23.6 Å². The van der Waals surface area contributed by atoms with E-state index in [0.29, 0.717) is 0 Å². The van der Waals surface area contributed by atoms with Crippen molar-refractivity contribution in [1.82, 2.24) is 4.98 Å². The fourth-order valence-corrected chi connectivity index (χ4v) is 1.77. The van der Waals surface area contributed by atoms with E-state index in [2.05, 4.69) is 4.98 Å². The van der Waals surface area contributed by atoms with Gasteiger partial charge in [-0.3, -0.25) is 9.78 Å². The van der Waals surface area contributed by atoms with Crippen LogP contribution >= 0.6 is 0 Å². The predicted molar refractivity (Wildman–Crippen MR) is 47.7 cm³/mol. The van der Waals surface area contributed by atoms with E-state index < -0.39 is 29.7 Å². The molecule has 6 heteroatoms. The molecule has 0 amide bonds. The Labute approximate surface area is 88.9 Å². The van der Waals surface area contributed by atoms with E-state index in [-0.39, 0.29) is 12.0 Å². The number of aliphatic carboxylic acids is 1. The fourth-order valence-electron chi connectivity index (χ4n) is 1.77. The second kappa shape index (κ2) is 3.47. The Kier molecular flexibility index (Phi) is 2.36. The molecule has 1 aromatic heterocycles. The van der Waals surface area contributed by atoms with Crippen LogP contribution < -0.4 is 0 Å². The molecule has 0 spiro atoms. The molecule has 2 atom stereocenters. The summed E-state index contributed by atoms with van der Waals surface area (Å²) in [5.74, 6) is -2.31. The molecule has 2 rings (SSSR count). The first-order valence-electron chi connectivity index (χ1n) is 4.66. The van der Waals surface area contributed by atoms with Gasteiger partial charge in [-0.05, 0) is 18.1 Å². The lowest BCUT2D eigenvalue weighted by atomic mass is 10.1. The van der Waals surface area contributed by atoms with Gasteiger partial charge in [-0.1, -0.05) is 6.07 Å². The Hall–Kier alpha value is -1.59. The molecular weight excluding hydrogens is 223 g/mol. The van der Waals surface area contributed by atoms with Crippen molar-refractivity contribution in [1.29, 1.82) is 0 Å². The fraction of sp³-hybridized carbons (Fsp3) is 0.400. The average molecular weight is 231 g/mol. The maximum Gasteiger partial charge on any atom is 0.433 e. The Morgan fingerprint density at radius 2 is 2.19 bits per heavy atom. The van der Waals surface area contributed by atoms with Crippen LogP contribution in [0.15, 0.2) is 18.3 Å². The molecule has 0 aliphatic heterocycles. The number of carboxylic acid groups (broad SMARTS) is 1. The number of carbonyl (C=O) groups is 1. The molecule has 1 aliphatic rings. The van der Waals surface area contributed by atoms with Crippen LogP contribution in [0.5, 0.6) is 0 Å². The summed E-state index contributed by atoms with van der Waals surface area (Å²) in [5, 5.41) is 8.68. The lowest BCUT2D eigenvalue weighted by Crippen LogP contribution is -2.12. The third-order valence-electron chi connectivity index (χ3n) is 2.61. The lowest BCUT2D eigenvalue weighted by Gasteiger charge is -2.10. The number of aromatic nitrogens is 1. The molecule has 1 aromatic rings. The second-order valence-corrected chi connectivity index (χ2v) is 3.73. The van der Waals surface area contributed by atoms with Crippen LogP contribution in [0, 0.1) is 5.92 Å². The highest BCUT2D eigenvalue weighted by Gasteiger charge is 2.48. The molecule has 0 radical (unpaired) electrons. The number of halogens is 3. The molecule has 1 heterocycles. The number of carboxylic acids is 1. The summed E-state index contributed by atoms with van der Waals surface area (Å²) < 4.78 is 37.7. The van der Waals surface area contributed by atoms with Crippen LogP contribution in [-0.4, -0.2) is 16.1 Å². The largest absolute Gasteiger partial charge is 0.481 e. The molecule has 16 heavy (non-hydrogen) atoms. The normalized spacial score (nSPS) is 24.2. The molecule has 1 fully saturated rings. The highest BCUT2D eigenvalue weighted by Crippen LogP contribution is 2.50. The maximum atomic E-state index is 12.6. The SMILES string of the molecule is O=C(O)C1CC1c1cccnc1C(F)(F)F. The van der Waals surface area contributed by atoms with Gasteiger partial charge >= 0.3 is 12.1 Å². The first-order valence-corrected chi connectivity index (χ1v) is 4.66. The van der Waals surface area contributed by atoms with E-state index >= 15 is 0 Å². The predicted octanol–water partition coefficient (Wildman–Crippen LogP) is 2.29. The highest BCUT2D eigenvalue weighted by molar-refractivity contribution is 5.75. The van der Waals surface area contributed by atoms with Gasteiger partial charge in [-0.2, -0.15) is 13.2 Å². The lowest BCUT2D eigenvalue weighted by molar-refractivity contribution is -0.142. The van der Waals surface area contributed by atoms with Crippen LogP contribution in [0.3, 0.4) is 0 Å². The zero-order chi connectivity index (χ0) is 11.9. The Balaban J connectivity index is 2.33. The summed E-state index contributed by atoms with van der Waals surface area (Å²) >= 11 is 0. The number of alkyl halides is 3. The minimum Gasteiger partial charge on any atom is -0.481 e. The minimum absolute atomic E-state index is 0.0117. The minimum atomic E-state index is -4.53. The van der Waals surface area contributed by atoms with Crippen molar-refractivity contribution in [3.05, 3.63) is 29.6 Å². The van der Waals surface area contributed by atoms with Gasteiger partial charge in [0.2, 0.25) is 0 Å². The summed E-state index contributed by atoms with van der Waals surface area (Å²) in [6.07, 6.45) is -3.21. The van der Waals surface area contributed by atoms with Crippen LogP contribution in [0.2, 0.25) is 0 Å². The molecule has 0 bridgehead atoms. The molecule has 86 valence electrons. The van der Waals surface area contributed by atoms with Crippen molar-refractivity contribution >= 4 is 5.97 Å². The summed E-state index contributed by atoms with van der Waals surface area (Å²) in [7, 11) is 0. The molecule has 1 saturated carbocycles. The summed E-state index contributed by atoms with van der Waals surface area (Å²) in [6.45, 7) is 0. The van der Waals surface area contributed by atoms with Gasteiger partial charge < -0.3 is 5.11 Å². The quantitative estimate of drug-likeness (QED) is 0.849. The molecule has 2 unspecified atom stereocenters. The van der Waals surface area contributed by atoms with Crippen molar-refractivity contribution in [3.8, 4) is 0 Å². The monoisotopic (exact) mass is 231 g/mol. The molecule has 1 aliphatic carbocycles. The number of hydrogen-bond acceptors (Lipinski definition) is 2. The van der Waals surface area contributed by atoms with E-state index in [9.17, 15) is 18.0 Å². The van der Waals surface area contributed by atoms with Gasteiger partial charge in [-0.25, -0.2) is 0 Å². The number of hydrogen-bond donors (Lipinski definition) is 1. The summed E-state index contributed by atoms with van der Waals surface area (Å²) in [5.41, 5.74) is -0.980. The van der Waals surface area contributed by atoms with Gasteiger partial charge in [0.1, 0.15) is 5.69 Å². The second-order valence-electron chi connectivity index (χ2n) is 3.73. The molecule has 0 aromatic carbocycles. The molecule has 0 saturated heterocycles. The zero-order valence-electron chi connectivity index (χ0n) is 8.03. The van der Waals surface area contributed by atoms with E-state index in [1.807, 2.05) is 0 Å². The molecule has 1 N–H and O–H groups in total. The smallest absolute Gasteiger partial charge is 0.433 e. The standard InChI is InChI=1S/C10H8F3NO2/c11-10(12,13)8-5(2-1-3-14-8)6-4-7(6)9(15)16/h1-3,6-7H,4H2,(H,15,16). The van der Waals surface area contributed by atoms with Crippen LogP contribution in [0.25, 0.3) is 0 Å². The third kappa shape index (κ3) is 1.87. The van der Waals surface area contributed by atoms with E-state index in [4.69, 9.17) is 5.11 Å². The van der Waals surface area contributed by atoms with Gasteiger partial charge in [-0.15, -0.1) is 0 Å². The maximum absolute atomic E-state index is 12.6. The number of pyridine rings is 1. The van der Waals surface area contributed by atoms with Gasteiger partial charge in [0.15, 0.2) is 0 Å². The van der Waals surface area contributed by atoms with Crippen LogP contribution in [-0.2, 0) is 11.0 Å². The van der Waals surface area contributed by atoms with Gasteiger partial charge in [0.25, 0.3) is 0 Å². The van der Waals surface area contributed by atoms with E-state index in [0.717, 1.165) is 6.20 Å². The number of rotatable bonds is 2. The molecule has 3 nitrogen and oxygen atoms in total. The van der Waals surface area contributed by atoms with E-state index in [1.165, 1.54) is 12.1 Å².